The molecule has 0 amide bonds. The van der Waals surface area contributed by atoms with Gasteiger partial charge in [0.15, 0.2) is 0 Å². The molecule has 1 saturated heterocycles. The first-order valence-corrected chi connectivity index (χ1v) is 7.14. The van der Waals surface area contributed by atoms with Crippen molar-refractivity contribution >= 4 is 0 Å². The Morgan fingerprint density at radius 1 is 1.35 bits per heavy atom. The van der Waals surface area contributed by atoms with Crippen molar-refractivity contribution in [1.29, 1.82) is 0 Å². The number of nitrogens with one attached hydrogen (secondary N) is 1. The van der Waals surface area contributed by atoms with Crippen LogP contribution < -0.4 is 5.32 Å². The summed E-state index contributed by atoms with van der Waals surface area (Å²) >= 11 is 0. The minimum absolute atomic E-state index is 0.747. The van der Waals surface area contributed by atoms with Gasteiger partial charge in [-0.15, -0.1) is 0 Å². The Hall–Kier alpha value is -0.120. The maximum absolute atomic E-state index is 5.19. The summed E-state index contributed by atoms with van der Waals surface area (Å²) in [6.45, 7) is 11.4. The van der Waals surface area contributed by atoms with Gasteiger partial charge in [-0.25, -0.2) is 0 Å². The zero-order valence-corrected chi connectivity index (χ0v) is 11.9. The lowest BCUT2D eigenvalue weighted by atomic mass is 9.96. The topological polar surface area (TPSA) is 24.5 Å². The molecule has 3 heteroatoms. The van der Waals surface area contributed by atoms with Gasteiger partial charge in [-0.05, 0) is 50.7 Å². The molecule has 0 saturated carbocycles. The normalized spacial score (nSPS) is 21.4. The smallest absolute Gasteiger partial charge is 0.0589 e. The van der Waals surface area contributed by atoms with Gasteiger partial charge in [0, 0.05) is 20.2 Å². The Balaban J connectivity index is 2.21. The largest absolute Gasteiger partial charge is 0.383 e. The molecule has 1 atom stereocenters. The van der Waals surface area contributed by atoms with E-state index in [1.807, 2.05) is 0 Å². The maximum Gasteiger partial charge on any atom is 0.0589 e. The third-order valence-electron chi connectivity index (χ3n) is 3.49. The number of methoxy groups -OCH3 is 1. The van der Waals surface area contributed by atoms with Gasteiger partial charge in [-0.2, -0.15) is 0 Å². The average molecular weight is 242 g/mol. The predicted octanol–water partition coefficient (Wildman–Crippen LogP) is 1.98. The van der Waals surface area contributed by atoms with E-state index >= 15 is 0 Å². The van der Waals surface area contributed by atoms with E-state index < -0.39 is 0 Å². The maximum atomic E-state index is 5.19. The standard InChI is InChI=1S/C14H30N2O/c1-13(2)12-16(9-10-17-3)8-6-14-5-4-7-15-11-14/h13-15H,4-12H2,1-3H3. The summed E-state index contributed by atoms with van der Waals surface area (Å²) in [6, 6.07) is 0. The van der Waals surface area contributed by atoms with Crippen LogP contribution in [-0.2, 0) is 4.74 Å². The second-order valence-electron chi connectivity index (χ2n) is 5.69. The van der Waals surface area contributed by atoms with Gasteiger partial charge in [0.25, 0.3) is 0 Å². The molecule has 17 heavy (non-hydrogen) atoms. The fraction of sp³-hybridized carbons (Fsp3) is 1.00. The van der Waals surface area contributed by atoms with Crippen LogP contribution in [0.15, 0.2) is 0 Å². The molecule has 1 fully saturated rings. The highest BCUT2D eigenvalue weighted by Crippen LogP contribution is 2.14. The molecule has 3 nitrogen and oxygen atoms in total. The van der Waals surface area contributed by atoms with Gasteiger partial charge in [0.1, 0.15) is 0 Å². The lowest BCUT2D eigenvalue weighted by Crippen LogP contribution is -2.36. The molecular formula is C14H30N2O. The summed E-state index contributed by atoms with van der Waals surface area (Å²) in [6.07, 6.45) is 4.10. The van der Waals surface area contributed by atoms with Crippen LogP contribution in [0.25, 0.3) is 0 Å². The molecule has 0 aliphatic carbocycles. The van der Waals surface area contributed by atoms with Crippen molar-refractivity contribution in [2.75, 3.05) is 46.4 Å². The minimum Gasteiger partial charge on any atom is -0.383 e. The Morgan fingerprint density at radius 3 is 2.76 bits per heavy atom. The number of rotatable bonds is 8. The number of hydrogen-bond donors (Lipinski definition) is 1. The second kappa shape index (κ2) is 8.90. The van der Waals surface area contributed by atoms with Crippen LogP contribution in [0.2, 0.25) is 0 Å². The van der Waals surface area contributed by atoms with E-state index in [9.17, 15) is 0 Å². The van der Waals surface area contributed by atoms with Crippen molar-refractivity contribution in [3.8, 4) is 0 Å². The Kier molecular flexibility index (Phi) is 7.82. The third kappa shape index (κ3) is 7.02. The summed E-state index contributed by atoms with van der Waals surface area (Å²) in [5.41, 5.74) is 0. The molecule has 1 N–H and O–H groups in total. The summed E-state index contributed by atoms with van der Waals surface area (Å²) in [7, 11) is 1.79. The minimum atomic E-state index is 0.747. The zero-order valence-electron chi connectivity index (χ0n) is 11.9. The number of nitrogens with zero attached hydrogens (tertiary/aromatic N) is 1. The number of piperidine rings is 1. The van der Waals surface area contributed by atoms with Crippen LogP contribution in [0.3, 0.4) is 0 Å². The van der Waals surface area contributed by atoms with Crippen molar-refractivity contribution in [3.63, 3.8) is 0 Å². The fourth-order valence-corrected chi connectivity index (χ4v) is 2.57. The van der Waals surface area contributed by atoms with Gasteiger partial charge in [0.2, 0.25) is 0 Å². The Morgan fingerprint density at radius 2 is 2.18 bits per heavy atom. The van der Waals surface area contributed by atoms with Crippen LogP contribution >= 0.6 is 0 Å². The van der Waals surface area contributed by atoms with E-state index in [2.05, 4.69) is 24.1 Å². The predicted molar refractivity (Wildman–Crippen MR) is 73.4 cm³/mol. The molecule has 0 aromatic heterocycles. The van der Waals surface area contributed by atoms with Crippen molar-refractivity contribution in [2.45, 2.75) is 33.1 Å². The lowest BCUT2D eigenvalue weighted by Gasteiger charge is -2.28. The quantitative estimate of drug-likeness (QED) is 0.704. The van der Waals surface area contributed by atoms with Crippen LogP contribution in [0, 0.1) is 11.8 Å². The van der Waals surface area contributed by atoms with Crippen molar-refractivity contribution in [2.24, 2.45) is 11.8 Å². The summed E-state index contributed by atoms with van der Waals surface area (Å²) in [4.78, 5) is 2.56. The van der Waals surface area contributed by atoms with Gasteiger partial charge in [0.05, 0.1) is 6.61 Å². The second-order valence-corrected chi connectivity index (χ2v) is 5.69. The van der Waals surface area contributed by atoms with E-state index in [0.29, 0.717) is 0 Å². The SMILES string of the molecule is COCCN(CCC1CCCNC1)CC(C)C. The summed E-state index contributed by atoms with van der Waals surface area (Å²) in [5.74, 6) is 1.64. The number of hydrogen-bond acceptors (Lipinski definition) is 3. The summed E-state index contributed by atoms with van der Waals surface area (Å²) < 4.78 is 5.19. The van der Waals surface area contributed by atoms with Gasteiger partial charge in [-0.1, -0.05) is 13.8 Å². The van der Waals surface area contributed by atoms with Crippen LogP contribution in [0.1, 0.15) is 33.1 Å². The highest BCUT2D eigenvalue weighted by molar-refractivity contribution is 4.71. The highest BCUT2D eigenvalue weighted by atomic mass is 16.5. The lowest BCUT2D eigenvalue weighted by molar-refractivity contribution is 0.133. The fourth-order valence-electron chi connectivity index (χ4n) is 2.57. The van der Waals surface area contributed by atoms with Crippen LogP contribution in [-0.4, -0.2) is 51.3 Å². The molecule has 0 aromatic carbocycles. The molecule has 1 aliphatic heterocycles. The Labute approximate surface area is 107 Å². The van der Waals surface area contributed by atoms with Crippen molar-refractivity contribution < 1.29 is 4.74 Å². The molecule has 1 rings (SSSR count). The molecule has 0 radical (unpaired) electrons. The molecule has 0 bridgehead atoms. The summed E-state index contributed by atoms with van der Waals surface area (Å²) in [5, 5.41) is 3.50. The molecular weight excluding hydrogens is 212 g/mol. The first-order valence-electron chi connectivity index (χ1n) is 7.14. The van der Waals surface area contributed by atoms with Gasteiger partial charge in [-0.3, -0.25) is 0 Å². The van der Waals surface area contributed by atoms with E-state index in [0.717, 1.165) is 25.0 Å². The molecule has 1 heterocycles. The Bertz CT molecular complexity index is 179. The van der Waals surface area contributed by atoms with E-state index in [-0.39, 0.29) is 0 Å². The van der Waals surface area contributed by atoms with E-state index in [4.69, 9.17) is 4.74 Å². The zero-order chi connectivity index (χ0) is 12.5. The van der Waals surface area contributed by atoms with Gasteiger partial charge < -0.3 is 15.0 Å². The van der Waals surface area contributed by atoms with Gasteiger partial charge >= 0.3 is 0 Å². The van der Waals surface area contributed by atoms with Crippen molar-refractivity contribution in [3.05, 3.63) is 0 Å². The third-order valence-corrected chi connectivity index (χ3v) is 3.49. The van der Waals surface area contributed by atoms with E-state index in [1.165, 1.54) is 45.4 Å². The highest BCUT2D eigenvalue weighted by Gasteiger charge is 2.15. The van der Waals surface area contributed by atoms with Crippen LogP contribution in [0.5, 0.6) is 0 Å². The first kappa shape index (κ1) is 14.9. The number of ether oxygens (including phenoxy) is 1. The first-order chi connectivity index (χ1) is 8.22. The van der Waals surface area contributed by atoms with Crippen molar-refractivity contribution in [1.82, 2.24) is 10.2 Å². The molecule has 1 unspecified atom stereocenters. The monoisotopic (exact) mass is 242 g/mol. The average Bonchev–Trinajstić information content (AvgIpc) is 2.33. The molecule has 0 aromatic rings. The van der Waals surface area contributed by atoms with E-state index in [1.54, 1.807) is 7.11 Å². The molecule has 102 valence electrons. The molecule has 0 spiro atoms. The molecule has 1 aliphatic rings. The van der Waals surface area contributed by atoms with Crippen LogP contribution in [0.4, 0.5) is 0 Å².